The predicted octanol–water partition coefficient (Wildman–Crippen LogP) is 3.29. The van der Waals surface area contributed by atoms with Gasteiger partial charge >= 0.3 is 0 Å². The first kappa shape index (κ1) is 18.4. The van der Waals surface area contributed by atoms with Gasteiger partial charge in [0.15, 0.2) is 11.6 Å². The third-order valence-corrected chi connectivity index (χ3v) is 4.39. The number of halogens is 1. The Bertz CT molecular complexity index is 988. The van der Waals surface area contributed by atoms with Crippen LogP contribution >= 0.6 is 0 Å². The maximum Gasteiger partial charge on any atom is 0.290 e. The predicted molar refractivity (Wildman–Crippen MR) is 99.0 cm³/mol. The van der Waals surface area contributed by atoms with Crippen molar-refractivity contribution in [3.05, 3.63) is 54.0 Å². The summed E-state index contributed by atoms with van der Waals surface area (Å²) in [7, 11) is 0. The molecule has 1 aliphatic rings. The highest BCUT2D eigenvalue weighted by Gasteiger charge is 2.18. The summed E-state index contributed by atoms with van der Waals surface area (Å²) in [5, 5.41) is 20.2. The van der Waals surface area contributed by atoms with Crippen molar-refractivity contribution < 1.29 is 19.0 Å². The van der Waals surface area contributed by atoms with Gasteiger partial charge in [-0.3, -0.25) is 4.79 Å². The first-order chi connectivity index (χ1) is 13.2. The van der Waals surface area contributed by atoms with E-state index in [9.17, 15) is 9.65 Å². The summed E-state index contributed by atoms with van der Waals surface area (Å²) in [6.45, 7) is 1.40. The zero-order chi connectivity index (χ0) is 19.2. The van der Waals surface area contributed by atoms with Crippen LogP contribution in [0, 0.1) is 17.1 Å². The number of carboxylic acid groups (broad SMARTS) is 1. The molecule has 0 radical (unpaired) electrons. The van der Waals surface area contributed by atoms with Gasteiger partial charge < -0.3 is 20.1 Å². The molecule has 1 aliphatic heterocycles. The number of fused-ring (bicyclic) bond motifs is 1. The maximum absolute atomic E-state index is 14.4. The zero-order valence-electron chi connectivity index (χ0n) is 14.4. The molecule has 2 heterocycles. The summed E-state index contributed by atoms with van der Waals surface area (Å²) < 4.78 is 20.1. The zero-order valence-corrected chi connectivity index (χ0v) is 14.4. The molecule has 3 N–H and O–H groups in total. The van der Waals surface area contributed by atoms with Crippen LogP contribution in [0.25, 0.3) is 22.0 Å². The molecule has 1 unspecified atom stereocenters. The summed E-state index contributed by atoms with van der Waals surface area (Å²) in [5.41, 5.74) is 2.97. The fourth-order valence-electron chi connectivity index (χ4n) is 3.16. The second kappa shape index (κ2) is 8.34. The molecule has 1 fully saturated rings. The van der Waals surface area contributed by atoms with E-state index in [1.165, 1.54) is 6.07 Å². The molecule has 6 nitrogen and oxygen atoms in total. The van der Waals surface area contributed by atoms with Gasteiger partial charge in [0.05, 0.1) is 11.1 Å². The Morgan fingerprint density at radius 1 is 1.33 bits per heavy atom. The lowest BCUT2D eigenvalue weighted by molar-refractivity contribution is -0.122. The topological polar surface area (TPSA) is 98.1 Å². The van der Waals surface area contributed by atoms with Crippen LogP contribution in [0.1, 0.15) is 12.0 Å². The van der Waals surface area contributed by atoms with Crippen molar-refractivity contribution in [2.45, 2.75) is 12.5 Å². The molecule has 138 valence electrons. The molecule has 4 rings (SSSR count). The highest BCUT2D eigenvalue weighted by atomic mass is 19.1. The van der Waals surface area contributed by atoms with Crippen LogP contribution in [0.2, 0.25) is 0 Å². The highest BCUT2D eigenvalue weighted by Crippen LogP contribution is 2.32. The SMILES string of the molecule is N#Cc1cccc2c(-c3ccc(OC4CCNC4)c(F)c3)c[nH]c12.O=CO. The Balaban J connectivity index is 0.000000659. The van der Waals surface area contributed by atoms with E-state index >= 15 is 0 Å². The molecule has 1 atom stereocenters. The smallest absolute Gasteiger partial charge is 0.290 e. The highest BCUT2D eigenvalue weighted by molar-refractivity contribution is 5.98. The molecule has 7 heteroatoms. The Hall–Kier alpha value is -3.37. The number of aromatic amines is 1. The number of benzene rings is 2. The van der Waals surface area contributed by atoms with Crippen LogP contribution in [0.5, 0.6) is 5.75 Å². The maximum atomic E-state index is 14.4. The third kappa shape index (κ3) is 3.91. The van der Waals surface area contributed by atoms with E-state index in [-0.39, 0.29) is 24.1 Å². The second-order valence-corrected chi connectivity index (χ2v) is 6.03. The Morgan fingerprint density at radius 3 is 2.81 bits per heavy atom. The van der Waals surface area contributed by atoms with E-state index < -0.39 is 0 Å². The molecule has 0 saturated carbocycles. The number of carbonyl (C=O) groups is 1. The number of H-pyrrole nitrogens is 1. The molecule has 0 amide bonds. The monoisotopic (exact) mass is 367 g/mol. The van der Waals surface area contributed by atoms with E-state index in [0.717, 1.165) is 41.5 Å². The number of rotatable bonds is 3. The van der Waals surface area contributed by atoms with Crippen molar-refractivity contribution in [1.29, 1.82) is 5.26 Å². The molecular weight excluding hydrogens is 349 g/mol. The number of nitrogens with zero attached hydrogens (tertiary/aromatic N) is 1. The van der Waals surface area contributed by atoms with E-state index in [1.807, 2.05) is 24.4 Å². The molecule has 1 saturated heterocycles. The molecule has 0 bridgehead atoms. The molecule has 0 aliphatic carbocycles. The van der Waals surface area contributed by atoms with E-state index in [1.54, 1.807) is 12.1 Å². The fourth-order valence-corrected chi connectivity index (χ4v) is 3.16. The number of hydrogen-bond acceptors (Lipinski definition) is 4. The van der Waals surface area contributed by atoms with Crippen LogP contribution in [-0.4, -0.2) is 35.8 Å². The van der Waals surface area contributed by atoms with Crippen molar-refractivity contribution in [3.63, 3.8) is 0 Å². The van der Waals surface area contributed by atoms with Gasteiger partial charge in [-0.25, -0.2) is 4.39 Å². The quantitative estimate of drug-likeness (QED) is 0.617. The van der Waals surface area contributed by atoms with Gasteiger partial charge in [0.2, 0.25) is 0 Å². The number of nitrogens with one attached hydrogen (secondary N) is 2. The molecule has 3 aromatic rings. The molecule has 2 aromatic carbocycles. The van der Waals surface area contributed by atoms with Gasteiger partial charge in [-0.2, -0.15) is 5.26 Å². The van der Waals surface area contributed by atoms with Gasteiger partial charge in [-0.05, 0) is 36.7 Å². The van der Waals surface area contributed by atoms with E-state index in [4.69, 9.17) is 14.6 Å². The average molecular weight is 367 g/mol. The van der Waals surface area contributed by atoms with Gasteiger partial charge in [0, 0.05) is 23.7 Å². The summed E-state index contributed by atoms with van der Waals surface area (Å²) >= 11 is 0. The summed E-state index contributed by atoms with van der Waals surface area (Å²) in [4.78, 5) is 11.5. The Morgan fingerprint density at radius 2 is 2.15 bits per heavy atom. The fraction of sp³-hybridized carbons (Fsp3) is 0.200. The van der Waals surface area contributed by atoms with Crippen molar-refractivity contribution in [2.75, 3.05) is 13.1 Å². The largest absolute Gasteiger partial charge is 0.486 e. The first-order valence-electron chi connectivity index (χ1n) is 8.43. The van der Waals surface area contributed by atoms with Gasteiger partial charge in [0.1, 0.15) is 12.2 Å². The third-order valence-electron chi connectivity index (χ3n) is 4.39. The standard InChI is InChI=1S/C19H16FN3O.CH2O2/c20-17-8-12(4-5-18(17)24-14-6-7-22-10-14)16-11-23-19-13(9-21)2-1-3-15(16)19;2-1-3/h1-5,8,11,14,22-23H,6-7,10H2;1H,(H,2,3). The Labute approximate surface area is 155 Å². The lowest BCUT2D eigenvalue weighted by Crippen LogP contribution is -2.20. The van der Waals surface area contributed by atoms with Crippen molar-refractivity contribution >= 4 is 17.4 Å². The van der Waals surface area contributed by atoms with Crippen LogP contribution in [0.15, 0.2) is 42.6 Å². The van der Waals surface area contributed by atoms with Gasteiger partial charge in [-0.15, -0.1) is 0 Å². The van der Waals surface area contributed by atoms with Gasteiger partial charge in [-0.1, -0.05) is 18.2 Å². The van der Waals surface area contributed by atoms with Crippen molar-refractivity contribution in [2.24, 2.45) is 0 Å². The van der Waals surface area contributed by atoms with E-state index in [2.05, 4.69) is 16.4 Å². The van der Waals surface area contributed by atoms with Crippen LogP contribution in [0.4, 0.5) is 4.39 Å². The van der Waals surface area contributed by atoms with Crippen molar-refractivity contribution in [1.82, 2.24) is 10.3 Å². The first-order valence-corrected chi connectivity index (χ1v) is 8.43. The lowest BCUT2D eigenvalue weighted by atomic mass is 10.0. The minimum absolute atomic E-state index is 0.0247. The number of hydrogen-bond donors (Lipinski definition) is 3. The summed E-state index contributed by atoms with van der Waals surface area (Å²) in [6.07, 6.45) is 2.72. The minimum atomic E-state index is -0.370. The van der Waals surface area contributed by atoms with E-state index in [0.29, 0.717) is 5.56 Å². The normalized spacial score (nSPS) is 15.6. The van der Waals surface area contributed by atoms with Crippen molar-refractivity contribution in [3.8, 4) is 22.9 Å². The van der Waals surface area contributed by atoms with Crippen LogP contribution in [-0.2, 0) is 4.79 Å². The molecule has 27 heavy (non-hydrogen) atoms. The summed E-state index contributed by atoms with van der Waals surface area (Å²) in [6, 6.07) is 12.7. The molecular formula is C20H18FN3O3. The Kier molecular flexibility index (Phi) is 5.69. The molecule has 1 aromatic heterocycles. The molecule has 0 spiro atoms. The number of aromatic nitrogens is 1. The lowest BCUT2D eigenvalue weighted by Gasteiger charge is -2.13. The number of ether oxygens (including phenoxy) is 1. The number of nitriles is 1. The average Bonchev–Trinajstić information content (AvgIpc) is 3.33. The second-order valence-electron chi connectivity index (χ2n) is 6.03. The minimum Gasteiger partial charge on any atom is -0.486 e. The number of para-hydroxylation sites is 1. The van der Waals surface area contributed by atoms with Crippen LogP contribution in [0.3, 0.4) is 0 Å². The summed E-state index contributed by atoms with van der Waals surface area (Å²) in [5.74, 6) is -0.0878. The van der Waals surface area contributed by atoms with Crippen LogP contribution < -0.4 is 10.1 Å². The van der Waals surface area contributed by atoms with Gasteiger partial charge in [0.25, 0.3) is 6.47 Å².